The molecule has 1 spiro atoms. The normalized spacial score (nSPS) is 16.5. The van der Waals surface area contributed by atoms with E-state index in [0.717, 1.165) is 39.9 Å². The maximum absolute atomic E-state index is 12.9. The second-order valence-corrected chi connectivity index (χ2v) is 9.30. The van der Waals surface area contributed by atoms with Gasteiger partial charge in [-0.05, 0) is 48.4 Å². The highest BCUT2D eigenvalue weighted by molar-refractivity contribution is 8.38. The molecule has 1 aliphatic heterocycles. The number of alkyl halides is 3. The molecule has 0 bridgehead atoms. The van der Waals surface area contributed by atoms with Gasteiger partial charge < -0.3 is 4.42 Å². The van der Waals surface area contributed by atoms with Gasteiger partial charge in [-0.25, -0.2) is 4.98 Å². The number of halogens is 3. The predicted octanol–water partition coefficient (Wildman–Crippen LogP) is 5.41. The SMILES string of the molecule is N#Cc1cc(C(F)(F)F)ccc1CSC1=NC2(CC2)c2cc(-c3cocn3)nnc2S1. The van der Waals surface area contributed by atoms with Crippen LogP contribution in [0.3, 0.4) is 0 Å². The molecule has 6 nitrogen and oxygen atoms in total. The largest absolute Gasteiger partial charge is 0.451 e. The maximum atomic E-state index is 12.9. The molecule has 1 fully saturated rings. The molecule has 2 aromatic heterocycles. The zero-order valence-corrected chi connectivity index (χ0v) is 17.3. The number of hydrogen-bond acceptors (Lipinski definition) is 8. The third-order valence-electron chi connectivity index (χ3n) is 5.08. The number of fused-ring (bicyclic) bond motifs is 2. The Hall–Kier alpha value is -2.84. The summed E-state index contributed by atoms with van der Waals surface area (Å²) in [5, 5.41) is 18.6. The number of aromatic nitrogens is 3. The molecule has 0 N–H and O–H groups in total. The van der Waals surface area contributed by atoms with Crippen LogP contribution in [0.4, 0.5) is 13.2 Å². The van der Waals surface area contributed by atoms with Crippen molar-refractivity contribution >= 4 is 27.9 Å². The molecule has 0 amide bonds. The third kappa shape index (κ3) is 3.81. The van der Waals surface area contributed by atoms with Crippen molar-refractivity contribution in [1.29, 1.82) is 5.26 Å². The molecule has 0 radical (unpaired) electrons. The molecule has 3 heterocycles. The molecule has 1 aliphatic carbocycles. The van der Waals surface area contributed by atoms with Gasteiger partial charge in [0.15, 0.2) is 6.39 Å². The molecule has 11 heteroatoms. The van der Waals surface area contributed by atoms with Crippen LogP contribution in [0.25, 0.3) is 11.4 Å². The molecule has 2 aliphatic rings. The number of hydrogen-bond donors (Lipinski definition) is 0. The van der Waals surface area contributed by atoms with Crippen molar-refractivity contribution in [1.82, 2.24) is 15.2 Å². The van der Waals surface area contributed by atoms with E-state index in [2.05, 4.69) is 15.2 Å². The molecule has 3 aromatic rings. The Morgan fingerprint density at radius 2 is 2.03 bits per heavy atom. The minimum atomic E-state index is -4.48. The standard InChI is InChI=1S/C20H12F3N5OS2/c21-20(22,23)13-2-1-11(12(5-13)7-24)9-30-18-26-19(3-4-19)14-6-15(16-8-29-10-25-16)27-28-17(14)31-18/h1-2,5-6,8,10H,3-4,9H2. The molecular weight excluding hydrogens is 447 g/mol. The summed E-state index contributed by atoms with van der Waals surface area (Å²) in [7, 11) is 0. The van der Waals surface area contributed by atoms with E-state index in [9.17, 15) is 18.4 Å². The van der Waals surface area contributed by atoms with E-state index in [-0.39, 0.29) is 11.1 Å². The molecule has 31 heavy (non-hydrogen) atoms. The minimum Gasteiger partial charge on any atom is -0.451 e. The average Bonchev–Trinajstić information content (AvgIpc) is 3.30. The summed E-state index contributed by atoms with van der Waals surface area (Å²) in [6.07, 6.45) is 0.137. The van der Waals surface area contributed by atoms with Crippen molar-refractivity contribution < 1.29 is 17.6 Å². The van der Waals surface area contributed by atoms with Crippen molar-refractivity contribution in [3.63, 3.8) is 0 Å². The Bertz CT molecular complexity index is 1230. The summed E-state index contributed by atoms with van der Waals surface area (Å²) in [5.41, 5.74) is 1.61. The molecule has 1 saturated carbocycles. The Morgan fingerprint density at radius 1 is 1.19 bits per heavy atom. The monoisotopic (exact) mass is 459 g/mol. The molecule has 0 atom stereocenters. The van der Waals surface area contributed by atoms with Crippen molar-refractivity contribution in [3.05, 3.63) is 59.2 Å². The maximum Gasteiger partial charge on any atom is 0.416 e. The van der Waals surface area contributed by atoms with Crippen LogP contribution < -0.4 is 0 Å². The van der Waals surface area contributed by atoms with Gasteiger partial charge in [0.2, 0.25) is 0 Å². The summed E-state index contributed by atoms with van der Waals surface area (Å²) in [6.45, 7) is 0. The first-order valence-corrected chi connectivity index (χ1v) is 11.0. The lowest BCUT2D eigenvalue weighted by atomic mass is 10.1. The number of aliphatic imine (C=N–C) groups is 1. The first-order chi connectivity index (χ1) is 14.9. The first-order valence-electron chi connectivity index (χ1n) is 9.15. The third-order valence-corrected chi connectivity index (χ3v) is 7.24. The molecule has 156 valence electrons. The van der Waals surface area contributed by atoms with E-state index >= 15 is 0 Å². The lowest BCUT2D eigenvalue weighted by Crippen LogP contribution is -2.14. The first kappa shape index (κ1) is 20.1. The van der Waals surface area contributed by atoms with Gasteiger partial charge in [-0.15, -0.1) is 10.2 Å². The van der Waals surface area contributed by atoms with Crippen LogP contribution in [0.1, 0.15) is 35.1 Å². The number of rotatable bonds is 3. The van der Waals surface area contributed by atoms with Gasteiger partial charge in [0, 0.05) is 11.3 Å². The fourth-order valence-corrected chi connectivity index (χ4v) is 5.52. The van der Waals surface area contributed by atoms with Crippen molar-refractivity contribution in [2.75, 3.05) is 0 Å². The van der Waals surface area contributed by atoms with E-state index in [1.165, 1.54) is 42.2 Å². The van der Waals surface area contributed by atoms with E-state index in [1.54, 1.807) is 0 Å². The lowest BCUT2D eigenvalue weighted by molar-refractivity contribution is -0.137. The van der Waals surface area contributed by atoms with Crippen LogP contribution in [0.5, 0.6) is 0 Å². The van der Waals surface area contributed by atoms with E-state index in [1.807, 2.05) is 12.1 Å². The number of benzene rings is 1. The zero-order chi connectivity index (χ0) is 21.6. The second kappa shape index (κ2) is 7.39. The molecule has 0 unspecified atom stereocenters. The fourth-order valence-electron chi connectivity index (χ4n) is 3.28. The summed E-state index contributed by atoms with van der Waals surface area (Å²) in [6, 6.07) is 7.05. The van der Waals surface area contributed by atoms with Crippen molar-refractivity contribution in [3.8, 4) is 17.5 Å². The number of oxazole rings is 1. The smallest absolute Gasteiger partial charge is 0.416 e. The molecule has 0 saturated heterocycles. The molecule has 1 aromatic carbocycles. The van der Waals surface area contributed by atoms with Gasteiger partial charge in [-0.2, -0.15) is 18.4 Å². The highest BCUT2D eigenvalue weighted by Gasteiger charge is 2.49. The minimum absolute atomic E-state index is 0.0160. The summed E-state index contributed by atoms with van der Waals surface area (Å²) >= 11 is 2.76. The average molecular weight is 459 g/mol. The van der Waals surface area contributed by atoms with Gasteiger partial charge in [0.1, 0.15) is 27.1 Å². The van der Waals surface area contributed by atoms with E-state index < -0.39 is 11.7 Å². The quantitative estimate of drug-likeness (QED) is 0.518. The van der Waals surface area contributed by atoms with Gasteiger partial charge in [-0.1, -0.05) is 17.8 Å². The highest BCUT2D eigenvalue weighted by atomic mass is 32.2. The van der Waals surface area contributed by atoms with Crippen LogP contribution >= 0.6 is 23.5 Å². The van der Waals surface area contributed by atoms with Crippen LogP contribution in [0.15, 0.2) is 51.4 Å². The van der Waals surface area contributed by atoms with Crippen LogP contribution in [-0.4, -0.2) is 19.6 Å². The predicted molar refractivity (Wildman–Crippen MR) is 109 cm³/mol. The Balaban J connectivity index is 1.37. The lowest BCUT2D eigenvalue weighted by Gasteiger charge is -2.21. The summed E-state index contributed by atoms with van der Waals surface area (Å²) in [5.74, 6) is 0.336. The topological polar surface area (TPSA) is 88.0 Å². The highest BCUT2D eigenvalue weighted by Crippen LogP contribution is 2.56. The Morgan fingerprint density at radius 3 is 2.71 bits per heavy atom. The van der Waals surface area contributed by atoms with Gasteiger partial charge in [0.05, 0.1) is 22.7 Å². The van der Waals surface area contributed by atoms with Crippen LogP contribution in [-0.2, 0) is 17.5 Å². The Kier molecular flexibility index (Phi) is 4.79. The summed E-state index contributed by atoms with van der Waals surface area (Å²) in [4.78, 5) is 8.99. The van der Waals surface area contributed by atoms with Crippen LogP contribution in [0.2, 0.25) is 0 Å². The number of nitrogens with zero attached hydrogens (tertiary/aromatic N) is 5. The fraction of sp³-hybridized carbons (Fsp3) is 0.250. The van der Waals surface area contributed by atoms with Gasteiger partial charge in [-0.3, -0.25) is 4.99 Å². The van der Waals surface area contributed by atoms with Crippen LogP contribution in [0, 0.1) is 11.3 Å². The molecular formula is C20H12F3N5OS2. The van der Waals surface area contributed by atoms with Crippen molar-refractivity contribution in [2.24, 2.45) is 4.99 Å². The Labute approximate surface area is 183 Å². The van der Waals surface area contributed by atoms with Gasteiger partial charge >= 0.3 is 6.18 Å². The van der Waals surface area contributed by atoms with Gasteiger partial charge in [0.25, 0.3) is 0 Å². The summed E-state index contributed by atoms with van der Waals surface area (Å²) < 4.78 is 44.5. The van der Waals surface area contributed by atoms with E-state index in [0.29, 0.717) is 22.7 Å². The van der Waals surface area contributed by atoms with Crippen molar-refractivity contribution in [2.45, 2.75) is 35.3 Å². The van der Waals surface area contributed by atoms with E-state index in [4.69, 9.17) is 9.41 Å². The second-order valence-electron chi connectivity index (χ2n) is 7.10. The number of nitriles is 1. The molecule has 5 rings (SSSR count). The zero-order valence-electron chi connectivity index (χ0n) is 15.7. The number of thioether (sulfide) groups is 2.